The molecule has 0 fully saturated rings. The van der Waals surface area contributed by atoms with E-state index in [0.29, 0.717) is 4.67 Å². The lowest BCUT2D eigenvalue weighted by atomic mass is 10.2. The van der Waals surface area contributed by atoms with E-state index in [0.717, 1.165) is 0 Å². The normalized spacial score (nSPS) is 12.1. The number of amides is 1. The van der Waals surface area contributed by atoms with Crippen molar-refractivity contribution in [3.63, 3.8) is 0 Å². The summed E-state index contributed by atoms with van der Waals surface area (Å²) in [6.07, 6.45) is 0.152. The first kappa shape index (κ1) is 14.2. The third kappa shape index (κ3) is 5.57. The largest absolute Gasteiger partial charge is 0.443 e. The Morgan fingerprint density at radius 3 is 2.27 bits per heavy atom. The van der Waals surface area contributed by atoms with Gasteiger partial charge in [-0.2, -0.15) is 0 Å². The van der Waals surface area contributed by atoms with Crippen LogP contribution in [-0.4, -0.2) is 32.7 Å². The highest BCUT2D eigenvalue weighted by molar-refractivity contribution is 7.49. The Morgan fingerprint density at radius 2 is 2.00 bits per heavy atom. The fourth-order valence-corrected chi connectivity index (χ4v) is 1.31. The van der Waals surface area contributed by atoms with E-state index in [2.05, 4.69) is 6.58 Å². The van der Waals surface area contributed by atoms with E-state index in [1.807, 2.05) is 0 Å². The molecular formula is C8H16NO5P. The van der Waals surface area contributed by atoms with Crippen LogP contribution in [0.25, 0.3) is 0 Å². The van der Waals surface area contributed by atoms with Gasteiger partial charge in [0.05, 0.1) is 6.54 Å². The zero-order valence-corrected chi connectivity index (χ0v) is 9.90. The minimum absolute atomic E-state index is 0.265. The minimum atomic E-state index is -4.65. The third-order valence-corrected chi connectivity index (χ3v) is 2.18. The van der Waals surface area contributed by atoms with Crippen molar-refractivity contribution in [1.82, 2.24) is 4.67 Å². The van der Waals surface area contributed by atoms with Crippen molar-refractivity contribution < 1.29 is 23.9 Å². The zero-order valence-electron chi connectivity index (χ0n) is 9.01. The Bertz CT molecular complexity index is 290. The van der Waals surface area contributed by atoms with Gasteiger partial charge in [0, 0.05) is 0 Å². The molecule has 0 heterocycles. The van der Waals surface area contributed by atoms with Crippen molar-refractivity contribution in [2.45, 2.75) is 26.4 Å². The highest BCUT2D eigenvalue weighted by Gasteiger charge is 2.33. The lowest BCUT2D eigenvalue weighted by molar-refractivity contribution is 0.0366. The summed E-state index contributed by atoms with van der Waals surface area (Å²) in [6, 6.07) is 0. The quantitative estimate of drug-likeness (QED) is 0.573. The zero-order chi connectivity index (χ0) is 12.3. The third-order valence-electron chi connectivity index (χ3n) is 1.22. The summed E-state index contributed by atoms with van der Waals surface area (Å²) >= 11 is 0. The molecule has 1 amide bonds. The van der Waals surface area contributed by atoms with Crippen molar-refractivity contribution in [3.8, 4) is 0 Å². The van der Waals surface area contributed by atoms with Gasteiger partial charge in [-0.05, 0) is 20.8 Å². The first-order valence-electron chi connectivity index (χ1n) is 4.25. The first-order valence-corrected chi connectivity index (χ1v) is 5.82. The summed E-state index contributed by atoms with van der Waals surface area (Å²) in [5, 5.41) is 0. The topological polar surface area (TPSA) is 87.1 Å². The first-order chi connectivity index (χ1) is 6.58. The molecule has 7 heteroatoms. The molecule has 0 aromatic carbocycles. The molecule has 0 bridgehead atoms. The van der Waals surface area contributed by atoms with Crippen LogP contribution in [0.15, 0.2) is 12.7 Å². The maximum Gasteiger partial charge on any atom is 0.435 e. The molecule has 88 valence electrons. The summed E-state index contributed by atoms with van der Waals surface area (Å²) in [5.74, 6) is 0. The number of hydrogen-bond acceptors (Lipinski definition) is 3. The van der Waals surface area contributed by atoms with Crippen molar-refractivity contribution in [2.24, 2.45) is 0 Å². The SMILES string of the molecule is C=CCN(C(=O)OC(C)(C)C)P(=O)(O)O. The van der Waals surface area contributed by atoms with Gasteiger partial charge in [-0.15, -0.1) is 6.58 Å². The molecule has 6 nitrogen and oxygen atoms in total. The van der Waals surface area contributed by atoms with Crippen LogP contribution in [0.5, 0.6) is 0 Å². The van der Waals surface area contributed by atoms with Crippen LogP contribution in [0.2, 0.25) is 0 Å². The molecule has 0 unspecified atom stereocenters. The monoisotopic (exact) mass is 237 g/mol. The molecule has 0 saturated heterocycles. The van der Waals surface area contributed by atoms with E-state index < -0.39 is 19.4 Å². The maximum atomic E-state index is 11.4. The summed E-state index contributed by atoms with van der Waals surface area (Å²) in [6.45, 7) is 7.86. The van der Waals surface area contributed by atoms with Crippen molar-refractivity contribution in [2.75, 3.05) is 6.54 Å². The van der Waals surface area contributed by atoms with Crippen molar-refractivity contribution in [1.29, 1.82) is 0 Å². The lowest BCUT2D eigenvalue weighted by Gasteiger charge is -2.26. The molecule has 0 aromatic rings. The second-order valence-corrected chi connectivity index (χ2v) is 5.37. The minimum Gasteiger partial charge on any atom is -0.443 e. The number of carbonyl (C=O) groups excluding carboxylic acids is 1. The van der Waals surface area contributed by atoms with Gasteiger partial charge < -0.3 is 14.5 Å². The average molecular weight is 237 g/mol. The second kappa shape index (κ2) is 4.79. The van der Waals surface area contributed by atoms with Crippen LogP contribution in [-0.2, 0) is 9.30 Å². The van der Waals surface area contributed by atoms with Crippen LogP contribution >= 0.6 is 7.75 Å². The molecule has 0 spiro atoms. The van der Waals surface area contributed by atoms with E-state index in [1.165, 1.54) is 6.08 Å². The van der Waals surface area contributed by atoms with E-state index in [-0.39, 0.29) is 6.54 Å². The molecule has 0 atom stereocenters. The van der Waals surface area contributed by atoms with Gasteiger partial charge in [-0.3, -0.25) is 0 Å². The highest BCUT2D eigenvalue weighted by Crippen LogP contribution is 2.40. The molecule has 0 rings (SSSR count). The fourth-order valence-electron chi connectivity index (χ4n) is 0.724. The van der Waals surface area contributed by atoms with Crippen LogP contribution in [0.4, 0.5) is 4.79 Å². The fraction of sp³-hybridized carbons (Fsp3) is 0.625. The molecule has 2 N–H and O–H groups in total. The number of hydrogen-bond donors (Lipinski definition) is 2. The van der Waals surface area contributed by atoms with E-state index in [9.17, 15) is 9.36 Å². The molecule has 0 aliphatic rings. The second-order valence-electron chi connectivity index (χ2n) is 3.86. The summed E-state index contributed by atoms with van der Waals surface area (Å²) in [4.78, 5) is 29.1. The van der Waals surface area contributed by atoms with E-state index in [1.54, 1.807) is 20.8 Å². The van der Waals surface area contributed by atoms with Crippen LogP contribution in [0.3, 0.4) is 0 Å². The molecule has 0 aromatic heterocycles. The van der Waals surface area contributed by atoms with E-state index >= 15 is 0 Å². The molecule has 0 aliphatic carbocycles. The van der Waals surface area contributed by atoms with Gasteiger partial charge in [-0.1, -0.05) is 6.08 Å². The predicted octanol–water partition coefficient (Wildman–Crippen LogP) is 1.50. The maximum absolute atomic E-state index is 11.4. The summed E-state index contributed by atoms with van der Waals surface area (Å²) < 4.78 is 16.1. The van der Waals surface area contributed by atoms with Gasteiger partial charge in [-0.25, -0.2) is 14.0 Å². The summed E-state index contributed by atoms with van der Waals surface area (Å²) in [5.41, 5.74) is -0.800. The summed E-state index contributed by atoms with van der Waals surface area (Å²) in [7, 11) is -4.65. The van der Waals surface area contributed by atoms with Crippen molar-refractivity contribution in [3.05, 3.63) is 12.7 Å². The Kier molecular flexibility index (Phi) is 4.52. The Labute approximate surface area is 88.7 Å². The molecule has 15 heavy (non-hydrogen) atoms. The lowest BCUT2D eigenvalue weighted by Crippen LogP contribution is -2.34. The Hall–Kier alpha value is -0.840. The van der Waals surface area contributed by atoms with Gasteiger partial charge in [0.25, 0.3) is 0 Å². The smallest absolute Gasteiger partial charge is 0.435 e. The Balaban J connectivity index is 4.73. The predicted molar refractivity (Wildman–Crippen MR) is 55.2 cm³/mol. The number of nitrogens with zero attached hydrogens (tertiary/aromatic N) is 1. The van der Waals surface area contributed by atoms with Crippen molar-refractivity contribution >= 4 is 13.8 Å². The number of ether oxygens (including phenoxy) is 1. The molecular weight excluding hydrogens is 221 g/mol. The number of rotatable bonds is 3. The van der Waals surface area contributed by atoms with Gasteiger partial charge in [0.1, 0.15) is 5.60 Å². The standard InChI is InChI=1S/C8H16NO5P/c1-5-6-9(15(11,12)13)7(10)14-8(2,3)4/h5H,1,6H2,2-4H3,(H2,11,12,13). The van der Waals surface area contributed by atoms with Crippen LogP contribution in [0, 0.1) is 0 Å². The average Bonchev–Trinajstić information content (AvgIpc) is 1.93. The van der Waals surface area contributed by atoms with Gasteiger partial charge in [0.15, 0.2) is 0 Å². The molecule has 0 aliphatic heterocycles. The van der Waals surface area contributed by atoms with Crippen LogP contribution < -0.4 is 0 Å². The molecule has 0 radical (unpaired) electrons. The van der Waals surface area contributed by atoms with Gasteiger partial charge in [0.2, 0.25) is 0 Å². The van der Waals surface area contributed by atoms with E-state index in [4.69, 9.17) is 14.5 Å². The Morgan fingerprint density at radius 1 is 1.53 bits per heavy atom. The van der Waals surface area contributed by atoms with Crippen LogP contribution in [0.1, 0.15) is 20.8 Å². The number of carbonyl (C=O) groups is 1. The van der Waals surface area contributed by atoms with Gasteiger partial charge >= 0.3 is 13.8 Å². The molecule has 0 saturated carbocycles. The highest BCUT2D eigenvalue weighted by atomic mass is 31.2.